The van der Waals surface area contributed by atoms with Gasteiger partial charge in [0.15, 0.2) is 5.65 Å². The number of sulfonamides is 1. The molecule has 0 saturated heterocycles. The number of fused-ring (bicyclic) bond motifs is 1. The van der Waals surface area contributed by atoms with Gasteiger partial charge in [-0.05, 0) is 56.3 Å². The Hall–Kier alpha value is -3.22. The third-order valence-electron chi connectivity index (χ3n) is 4.76. The van der Waals surface area contributed by atoms with E-state index in [9.17, 15) is 13.5 Å². The normalized spacial score (nSPS) is 11.9. The lowest BCUT2D eigenvalue weighted by Crippen LogP contribution is -2.21. The molecule has 0 atom stereocenters. The Kier molecular flexibility index (Phi) is 5.53. The summed E-state index contributed by atoms with van der Waals surface area (Å²) in [4.78, 5) is 4.73. The molecular formula is C23H19ClN4O3S. The summed E-state index contributed by atoms with van der Waals surface area (Å²) in [6, 6.07) is 15.0. The van der Waals surface area contributed by atoms with E-state index in [0.29, 0.717) is 33.2 Å². The SMILES string of the molecule is CC(C)(O)c1cc(-c2ccc(Cl)cc2)nc2c(C#Cc3ccc(S(N)(=O)=O)cc3)cnn12. The molecule has 0 bridgehead atoms. The van der Waals surface area contributed by atoms with Crippen molar-refractivity contribution >= 4 is 27.3 Å². The monoisotopic (exact) mass is 466 g/mol. The first-order chi connectivity index (χ1) is 15.0. The molecule has 9 heteroatoms. The van der Waals surface area contributed by atoms with E-state index in [-0.39, 0.29) is 4.90 Å². The van der Waals surface area contributed by atoms with E-state index in [1.54, 1.807) is 54.9 Å². The fraction of sp³-hybridized carbons (Fsp3) is 0.130. The maximum absolute atomic E-state index is 11.4. The number of nitrogens with zero attached hydrogens (tertiary/aromatic N) is 3. The predicted molar refractivity (Wildman–Crippen MR) is 122 cm³/mol. The van der Waals surface area contributed by atoms with Gasteiger partial charge in [-0.25, -0.2) is 23.1 Å². The van der Waals surface area contributed by atoms with Crippen LogP contribution < -0.4 is 5.14 Å². The van der Waals surface area contributed by atoms with Crippen LogP contribution in [0.25, 0.3) is 16.9 Å². The number of rotatable bonds is 3. The van der Waals surface area contributed by atoms with Crippen LogP contribution in [0.4, 0.5) is 0 Å². The number of nitrogens with two attached hydrogens (primary N) is 1. The van der Waals surface area contributed by atoms with Crippen molar-refractivity contribution in [1.29, 1.82) is 0 Å². The Balaban J connectivity index is 1.82. The maximum atomic E-state index is 11.4. The number of aromatic nitrogens is 3. The lowest BCUT2D eigenvalue weighted by Gasteiger charge is -2.19. The Morgan fingerprint density at radius 3 is 2.31 bits per heavy atom. The fourth-order valence-corrected chi connectivity index (χ4v) is 3.76. The van der Waals surface area contributed by atoms with Crippen molar-refractivity contribution in [3.63, 3.8) is 0 Å². The molecule has 0 aliphatic carbocycles. The van der Waals surface area contributed by atoms with Crippen molar-refractivity contribution in [2.24, 2.45) is 5.14 Å². The van der Waals surface area contributed by atoms with E-state index >= 15 is 0 Å². The number of primary sulfonamides is 1. The molecule has 4 aromatic rings. The van der Waals surface area contributed by atoms with Crippen molar-refractivity contribution in [2.75, 3.05) is 0 Å². The van der Waals surface area contributed by atoms with E-state index in [4.69, 9.17) is 21.7 Å². The second-order valence-corrected chi connectivity index (χ2v) is 9.70. The molecule has 0 aliphatic rings. The molecule has 0 aliphatic heterocycles. The zero-order valence-electron chi connectivity index (χ0n) is 17.2. The van der Waals surface area contributed by atoms with Crippen molar-refractivity contribution in [3.05, 3.63) is 82.6 Å². The topological polar surface area (TPSA) is 111 Å². The van der Waals surface area contributed by atoms with Crippen LogP contribution >= 0.6 is 11.6 Å². The van der Waals surface area contributed by atoms with Gasteiger partial charge >= 0.3 is 0 Å². The van der Waals surface area contributed by atoms with E-state index in [2.05, 4.69) is 16.9 Å². The van der Waals surface area contributed by atoms with Crippen molar-refractivity contribution in [2.45, 2.75) is 24.3 Å². The zero-order chi connectivity index (χ0) is 23.1. The number of hydrogen-bond donors (Lipinski definition) is 2. The number of hydrogen-bond acceptors (Lipinski definition) is 5. The molecule has 0 fully saturated rings. The van der Waals surface area contributed by atoms with Gasteiger partial charge in [0.2, 0.25) is 10.0 Å². The molecule has 32 heavy (non-hydrogen) atoms. The fourth-order valence-electron chi connectivity index (χ4n) is 3.12. The molecule has 0 spiro atoms. The van der Waals surface area contributed by atoms with Crippen molar-refractivity contribution in [3.8, 4) is 23.1 Å². The van der Waals surface area contributed by atoms with Crippen LogP contribution in [0.1, 0.15) is 30.7 Å². The summed E-state index contributed by atoms with van der Waals surface area (Å²) in [6.07, 6.45) is 1.58. The first-order valence-corrected chi connectivity index (χ1v) is 11.5. The van der Waals surface area contributed by atoms with Gasteiger partial charge < -0.3 is 5.11 Å². The number of aliphatic hydroxyl groups is 1. The summed E-state index contributed by atoms with van der Waals surface area (Å²) in [5, 5.41) is 20.8. The molecule has 2 heterocycles. The van der Waals surface area contributed by atoms with Crippen LogP contribution in [0, 0.1) is 11.8 Å². The third kappa shape index (κ3) is 4.52. The van der Waals surface area contributed by atoms with Crippen LogP contribution in [-0.2, 0) is 15.6 Å². The molecule has 0 unspecified atom stereocenters. The minimum absolute atomic E-state index is 0.0168. The van der Waals surface area contributed by atoms with Crippen molar-refractivity contribution < 1.29 is 13.5 Å². The van der Waals surface area contributed by atoms with Gasteiger partial charge in [0.25, 0.3) is 0 Å². The summed E-state index contributed by atoms with van der Waals surface area (Å²) in [5.41, 5.74) is 2.51. The van der Waals surface area contributed by atoms with Gasteiger partial charge in [0, 0.05) is 16.1 Å². The van der Waals surface area contributed by atoms with Crippen LogP contribution in [0.3, 0.4) is 0 Å². The molecule has 2 aromatic heterocycles. The average Bonchev–Trinajstić information content (AvgIpc) is 3.14. The number of halogens is 1. The van der Waals surface area contributed by atoms with Gasteiger partial charge in [-0.2, -0.15) is 5.10 Å². The van der Waals surface area contributed by atoms with Crippen LogP contribution in [0.2, 0.25) is 5.02 Å². The molecule has 0 radical (unpaired) electrons. The summed E-state index contributed by atoms with van der Waals surface area (Å²) in [6.45, 7) is 3.35. The molecule has 0 saturated carbocycles. The molecule has 3 N–H and O–H groups in total. The summed E-state index contributed by atoms with van der Waals surface area (Å²) >= 11 is 6.01. The summed E-state index contributed by atoms with van der Waals surface area (Å²) in [7, 11) is -3.76. The summed E-state index contributed by atoms with van der Waals surface area (Å²) in [5.74, 6) is 6.01. The Morgan fingerprint density at radius 2 is 1.72 bits per heavy atom. The second-order valence-electron chi connectivity index (χ2n) is 7.71. The summed E-state index contributed by atoms with van der Waals surface area (Å²) < 4.78 is 24.4. The lowest BCUT2D eigenvalue weighted by atomic mass is 10.0. The van der Waals surface area contributed by atoms with E-state index in [1.165, 1.54) is 12.1 Å². The second kappa shape index (κ2) is 8.04. The van der Waals surface area contributed by atoms with Crippen LogP contribution in [-0.4, -0.2) is 28.1 Å². The molecule has 0 amide bonds. The molecule has 2 aromatic carbocycles. The predicted octanol–water partition coefficient (Wildman–Crippen LogP) is 3.32. The Bertz CT molecular complexity index is 1480. The minimum Gasteiger partial charge on any atom is -0.384 e. The van der Waals surface area contributed by atoms with Gasteiger partial charge in [-0.15, -0.1) is 0 Å². The zero-order valence-corrected chi connectivity index (χ0v) is 18.8. The van der Waals surface area contributed by atoms with Gasteiger partial charge in [-0.1, -0.05) is 35.6 Å². The Morgan fingerprint density at radius 1 is 1.06 bits per heavy atom. The van der Waals surface area contributed by atoms with Gasteiger partial charge in [0.1, 0.15) is 5.60 Å². The smallest absolute Gasteiger partial charge is 0.238 e. The van der Waals surface area contributed by atoms with E-state index in [0.717, 1.165) is 5.56 Å². The highest BCUT2D eigenvalue weighted by molar-refractivity contribution is 7.89. The van der Waals surface area contributed by atoms with Crippen LogP contribution in [0.5, 0.6) is 0 Å². The van der Waals surface area contributed by atoms with E-state index < -0.39 is 15.6 Å². The highest BCUT2D eigenvalue weighted by Crippen LogP contribution is 2.27. The highest BCUT2D eigenvalue weighted by Gasteiger charge is 2.23. The lowest BCUT2D eigenvalue weighted by molar-refractivity contribution is 0.0714. The molecule has 4 rings (SSSR count). The van der Waals surface area contributed by atoms with Gasteiger partial charge in [0.05, 0.1) is 28.0 Å². The van der Waals surface area contributed by atoms with Crippen LogP contribution in [0.15, 0.2) is 65.7 Å². The van der Waals surface area contributed by atoms with E-state index in [1.807, 2.05) is 12.1 Å². The Labute approximate surface area is 190 Å². The minimum atomic E-state index is -3.76. The largest absolute Gasteiger partial charge is 0.384 e. The maximum Gasteiger partial charge on any atom is 0.238 e. The standard InChI is InChI=1S/C23H19ClN4O3S/c1-23(2,29)21-13-20(16-7-9-18(24)10-8-16)27-22-17(14-26-28(21)22)6-3-15-4-11-19(12-5-15)32(25,30)31/h4-5,7-14,29H,1-2H3,(H2,25,30,31). The molecule has 162 valence electrons. The first-order valence-electron chi connectivity index (χ1n) is 9.55. The third-order valence-corrected chi connectivity index (χ3v) is 5.94. The molecular weight excluding hydrogens is 448 g/mol. The first kappa shape index (κ1) is 22.0. The quantitative estimate of drug-likeness (QED) is 0.450. The highest BCUT2D eigenvalue weighted by atomic mass is 35.5. The molecule has 7 nitrogen and oxygen atoms in total. The van der Waals surface area contributed by atoms with Gasteiger partial charge in [-0.3, -0.25) is 0 Å². The number of benzene rings is 2. The van der Waals surface area contributed by atoms with Crippen molar-refractivity contribution in [1.82, 2.24) is 14.6 Å². The average molecular weight is 467 g/mol.